The number of hydrogen-bond acceptors (Lipinski definition) is 9. The van der Waals surface area contributed by atoms with E-state index < -0.39 is 17.5 Å². The van der Waals surface area contributed by atoms with Crippen LogP contribution in [-0.2, 0) is 0 Å². The largest absolute Gasteiger partial charge is 0.389 e. The van der Waals surface area contributed by atoms with Gasteiger partial charge in [-0.1, -0.05) is 29.5 Å². The van der Waals surface area contributed by atoms with Crippen molar-refractivity contribution in [3.8, 4) is 10.6 Å². The van der Waals surface area contributed by atoms with E-state index in [9.17, 15) is 13.6 Å². The molecule has 1 aromatic carbocycles. The topological polar surface area (TPSA) is 141 Å². The summed E-state index contributed by atoms with van der Waals surface area (Å²) < 4.78 is 30.2. The lowest BCUT2D eigenvalue weighted by atomic mass is 9.90. The minimum absolute atomic E-state index is 0.0179. The van der Waals surface area contributed by atoms with Crippen LogP contribution in [0.5, 0.6) is 0 Å². The molecule has 186 valence electrons. The van der Waals surface area contributed by atoms with Gasteiger partial charge in [0.1, 0.15) is 21.6 Å². The summed E-state index contributed by atoms with van der Waals surface area (Å²) in [5, 5.41) is 10.8. The first kappa shape index (κ1) is 23.8. The zero-order valence-corrected chi connectivity index (χ0v) is 20.0. The van der Waals surface area contributed by atoms with E-state index in [1.54, 1.807) is 29.3 Å². The van der Waals surface area contributed by atoms with Crippen molar-refractivity contribution >= 4 is 33.6 Å². The van der Waals surface area contributed by atoms with Crippen LogP contribution in [0.3, 0.4) is 0 Å². The minimum Gasteiger partial charge on any atom is -0.389 e. The van der Waals surface area contributed by atoms with Gasteiger partial charge >= 0.3 is 0 Å². The zero-order chi connectivity index (χ0) is 25.4. The second-order valence-electron chi connectivity index (χ2n) is 8.60. The van der Waals surface area contributed by atoms with Crippen molar-refractivity contribution in [3.05, 3.63) is 66.4 Å². The molecule has 3 atom stereocenters. The number of nitrogens with one attached hydrogen (secondary N) is 1. The summed E-state index contributed by atoms with van der Waals surface area (Å²) in [5.41, 5.74) is 13.2. The Labute approximate surface area is 209 Å². The van der Waals surface area contributed by atoms with Crippen molar-refractivity contribution in [2.24, 2.45) is 11.7 Å². The summed E-state index contributed by atoms with van der Waals surface area (Å²) >= 11 is 0.836. The Hall–Kier alpha value is -3.97. The number of carbonyl (C=O) groups excluding carboxylic acids is 1. The van der Waals surface area contributed by atoms with E-state index in [0.29, 0.717) is 18.8 Å². The Kier molecular flexibility index (Phi) is 6.33. The Morgan fingerprint density at radius 1 is 1.19 bits per heavy atom. The highest BCUT2D eigenvalue weighted by Crippen LogP contribution is 2.36. The van der Waals surface area contributed by atoms with Crippen LogP contribution in [-0.4, -0.2) is 50.0 Å². The third kappa shape index (κ3) is 4.38. The van der Waals surface area contributed by atoms with Crippen molar-refractivity contribution in [3.63, 3.8) is 0 Å². The molecule has 5 N–H and O–H groups in total. The van der Waals surface area contributed by atoms with Crippen molar-refractivity contribution in [2.45, 2.75) is 19.0 Å². The number of nitrogens with zero attached hydrogens (tertiary/aromatic N) is 6. The molecule has 4 aromatic rings. The van der Waals surface area contributed by atoms with Crippen molar-refractivity contribution in [2.75, 3.05) is 29.0 Å². The highest BCUT2D eigenvalue weighted by Gasteiger charge is 2.35. The molecule has 10 nitrogen and oxygen atoms in total. The van der Waals surface area contributed by atoms with Gasteiger partial charge in [0.25, 0.3) is 5.91 Å². The van der Waals surface area contributed by atoms with E-state index in [4.69, 9.17) is 11.5 Å². The molecule has 1 amide bonds. The molecule has 0 radical (unpaired) electrons. The van der Waals surface area contributed by atoms with Gasteiger partial charge in [0.2, 0.25) is 0 Å². The van der Waals surface area contributed by atoms with Gasteiger partial charge in [-0.3, -0.25) is 9.78 Å². The van der Waals surface area contributed by atoms with Crippen LogP contribution in [0.25, 0.3) is 10.6 Å². The van der Waals surface area contributed by atoms with Crippen LogP contribution < -0.4 is 21.7 Å². The smallest absolute Gasteiger partial charge is 0.277 e. The molecule has 13 heteroatoms. The number of carbonyl (C=O) groups is 1. The molecular formula is C23H23F2N9OS. The van der Waals surface area contributed by atoms with Crippen LogP contribution in [0.2, 0.25) is 0 Å². The van der Waals surface area contributed by atoms with Gasteiger partial charge in [-0.2, -0.15) is 0 Å². The molecule has 1 aliphatic heterocycles. The van der Waals surface area contributed by atoms with Gasteiger partial charge in [0.15, 0.2) is 5.69 Å². The van der Waals surface area contributed by atoms with E-state index in [1.807, 2.05) is 0 Å². The molecule has 1 fully saturated rings. The number of anilines is 3. The SMILES string of the molecule is CC1CN(c2ccncc2NC(=O)c2nc(-c3c(F)cccc3F)sc2N)CC(N)C1n1ccnn1. The second-order valence-corrected chi connectivity index (χ2v) is 9.63. The Morgan fingerprint density at radius 3 is 2.67 bits per heavy atom. The predicted octanol–water partition coefficient (Wildman–Crippen LogP) is 2.93. The third-order valence-corrected chi connectivity index (χ3v) is 7.04. The molecule has 0 bridgehead atoms. The first-order valence-corrected chi connectivity index (χ1v) is 12.0. The lowest BCUT2D eigenvalue weighted by Crippen LogP contribution is -2.53. The maximum Gasteiger partial charge on any atom is 0.277 e. The number of aromatic nitrogens is 5. The highest BCUT2D eigenvalue weighted by molar-refractivity contribution is 7.19. The second kappa shape index (κ2) is 9.59. The van der Waals surface area contributed by atoms with Gasteiger partial charge in [-0.15, -0.1) is 5.10 Å². The predicted molar refractivity (Wildman–Crippen MR) is 132 cm³/mol. The van der Waals surface area contributed by atoms with Crippen LogP contribution in [0.15, 0.2) is 49.1 Å². The molecule has 3 unspecified atom stereocenters. The molecule has 0 aliphatic carbocycles. The van der Waals surface area contributed by atoms with Crippen LogP contribution in [0.4, 0.5) is 25.2 Å². The van der Waals surface area contributed by atoms with Gasteiger partial charge in [0, 0.05) is 31.5 Å². The number of pyridine rings is 1. The lowest BCUT2D eigenvalue weighted by molar-refractivity contribution is 0.102. The van der Waals surface area contributed by atoms with E-state index in [-0.39, 0.29) is 39.3 Å². The Balaban J connectivity index is 1.38. The molecule has 0 saturated carbocycles. The number of nitrogens with two attached hydrogens (primary N) is 2. The minimum atomic E-state index is -0.787. The molecule has 0 spiro atoms. The van der Waals surface area contributed by atoms with Crippen LogP contribution in [0, 0.1) is 17.6 Å². The lowest BCUT2D eigenvalue weighted by Gasteiger charge is -2.42. The van der Waals surface area contributed by atoms with Gasteiger partial charge < -0.3 is 21.7 Å². The number of nitrogen functional groups attached to an aromatic ring is 1. The summed E-state index contributed by atoms with van der Waals surface area (Å²) in [6.07, 6.45) is 6.57. The first-order chi connectivity index (χ1) is 17.3. The molecule has 3 aromatic heterocycles. The maximum absolute atomic E-state index is 14.2. The fourth-order valence-corrected chi connectivity index (χ4v) is 5.47. The fourth-order valence-electron chi connectivity index (χ4n) is 4.59. The molecular weight excluding hydrogens is 488 g/mol. The first-order valence-electron chi connectivity index (χ1n) is 11.2. The Morgan fingerprint density at radius 2 is 1.97 bits per heavy atom. The quantitative estimate of drug-likeness (QED) is 0.371. The number of amides is 1. The molecule has 1 aliphatic rings. The number of rotatable bonds is 5. The number of halogens is 2. The molecule has 1 saturated heterocycles. The standard InChI is InChI=1S/C23H23F2N9OS/c1-12-10-33(11-15(26)20(12)34-8-7-29-32-34)17-5-6-28-9-16(17)30-22(35)19-21(27)36-23(31-19)18-13(24)3-2-4-14(18)25/h2-9,12,15,20H,10-11,26-27H2,1H3,(H,30,35). The summed E-state index contributed by atoms with van der Waals surface area (Å²) in [5.74, 6) is -2.05. The van der Waals surface area contributed by atoms with Gasteiger partial charge in [-0.05, 0) is 24.1 Å². The zero-order valence-electron chi connectivity index (χ0n) is 19.2. The highest BCUT2D eigenvalue weighted by atomic mass is 32.1. The van der Waals surface area contributed by atoms with Crippen LogP contribution >= 0.6 is 11.3 Å². The normalized spacial score (nSPS) is 19.9. The molecule has 4 heterocycles. The number of thiazole rings is 1. The van der Waals surface area contributed by atoms with E-state index >= 15 is 0 Å². The van der Waals surface area contributed by atoms with E-state index in [2.05, 4.69) is 37.4 Å². The van der Waals surface area contributed by atoms with Crippen LogP contribution in [0.1, 0.15) is 23.5 Å². The average Bonchev–Trinajstić information content (AvgIpc) is 3.49. The van der Waals surface area contributed by atoms with Gasteiger partial charge in [0.05, 0.1) is 35.4 Å². The van der Waals surface area contributed by atoms with Crippen molar-refractivity contribution in [1.82, 2.24) is 25.0 Å². The molecule has 36 heavy (non-hydrogen) atoms. The van der Waals surface area contributed by atoms with Crippen molar-refractivity contribution in [1.29, 1.82) is 0 Å². The number of hydrogen-bond donors (Lipinski definition) is 3. The number of benzene rings is 1. The average molecular weight is 512 g/mol. The fraction of sp³-hybridized carbons (Fsp3) is 0.261. The van der Waals surface area contributed by atoms with E-state index in [0.717, 1.165) is 29.2 Å². The summed E-state index contributed by atoms with van der Waals surface area (Å²) in [6, 6.07) is 5.03. The van der Waals surface area contributed by atoms with Crippen molar-refractivity contribution < 1.29 is 13.6 Å². The third-order valence-electron chi connectivity index (χ3n) is 6.14. The monoisotopic (exact) mass is 511 g/mol. The van der Waals surface area contributed by atoms with Gasteiger partial charge in [-0.25, -0.2) is 18.4 Å². The Bertz CT molecular complexity index is 1360. The van der Waals surface area contributed by atoms with E-state index in [1.165, 1.54) is 12.3 Å². The number of piperidine rings is 1. The summed E-state index contributed by atoms with van der Waals surface area (Å²) in [7, 11) is 0. The maximum atomic E-state index is 14.2. The molecule has 5 rings (SSSR count). The summed E-state index contributed by atoms with van der Waals surface area (Å²) in [4.78, 5) is 23.4. The summed E-state index contributed by atoms with van der Waals surface area (Å²) in [6.45, 7) is 3.25.